The van der Waals surface area contributed by atoms with E-state index in [9.17, 15) is 27.6 Å². The summed E-state index contributed by atoms with van der Waals surface area (Å²) in [6.45, 7) is 2.90. The van der Waals surface area contributed by atoms with E-state index in [2.05, 4.69) is 14.5 Å². The van der Waals surface area contributed by atoms with E-state index in [1.807, 2.05) is 0 Å². The third-order valence-electron chi connectivity index (χ3n) is 2.35. The van der Waals surface area contributed by atoms with Gasteiger partial charge in [0, 0.05) is 6.20 Å². The summed E-state index contributed by atoms with van der Waals surface area (Å²) in [5.41, 5.74) is -1.54. The molecule has 0 aliphatic rings. The van der Waals surface area contributed by atoms with Crippen LogP contribution in [0.2, 0.25) is 0 Å². The number of nitrogens with one attached hydrogen (secondary N) is 2. The van der Waals surface area contributed by atoms with Gasteiger partial charge in [-0.05, 0) is 13.8 Å². The number of H-pyrrole nitrogens is 1. The molecule has 0 fully saturated rings. The minimum Gasteiger partial charge on any atom is -0.462 e. The van der Waals surface area contributed by atoms with Gasteiger partial charge >= 0.3 is 24.0 Å². The standard InChI is InChI=1S/C12H13F3N2O5/c1-3-21-9(18)6-5-16-8(10(19)22-4-2)7(6)17-11(20)12(13,14)15/h5,16H,3-4H2,1-2H3,(H,17,20). The fourth-order valence-corrected chi connectivity index (χ4v) is 1.47. The van der Waals surface area contributed by atoms with Crippen LogP contribution in [0, 0.1) is 0 Å². The third kappa shape index (κ3) is 3.99. The summed E-state index contributed by atoms with van der Waals surface area (Å²) in [6.07, 6.45) is -4.23. The number of aromatic amines is 1. The van der Waals surface area contributed by atoms with Crippen molar-refractivity contribution in [2.24, 2.45) is 0 Å². The van der Waals surface area contributed by atoms with Crippen molar-refractivity contribution in [3.63, 3.8) is 0 Å². The van der Waals surface area contributed by atoms with E-state index in [0.717, 1.165) is 6.20 Å². The van der Waals surface area contributed by atoms with E-state index < -0.39 is 41.0 Å². The van der Waals surface area contributed by atoms with Crippen molar-refractivity contribution < 1.29 is 37.0 Å². The number of anilines is 1. The zero-order valence-electron chi connectivity index (χ0n) is 11.7. The summed E-state index contributed by atoms with van der Waals surface area (Å²) in [6, 6.07) is 0. The predicted molar refractivity (Wildman–Crippen MR) is 67.4 cm³/mol. The molecule has 0 bridgehead atoms. The lowest BCUT2D eigenvalue weighted by Crippen LogP contribution is -2.31. The highest BCUT2D eigenvalue weighted by atomic mass is 19.4. The number of ether oxygens (including phenoxy) is 2. The molecule has 0 saturated heterocycles. The summed E-state index contributed by atoms with van der Waals surface area (Å²) in [4.78, 5) is 36.7. The number of hydrogen-bond acceptors (Lipinski definition) is 5. The Kier molecular flexibility index (Phi) is 5.55. The highest BCUT2D eigenvalue weighted by molar-refractivity contribution is 6.09. The van der Waals surface area contributed by atoms with E-state index >= 15 is 0 Å². The first kappa shape index (κ1) is 17.5. The van der Waals surface area contributed by atoms with Crippen molar-refractivity contribution in [1.29, 1.82) is 0 Å². The summed E-state index contributed by atoms with van der Waals surface area (Å²) >= 11 is 0. The van der Waals surface area contributed by atoms with Gasteiger partial charge in [-0.2, -0.15) is 13.2 Å². The Morgan fingerprint density at radius 3 is 2.18 bits per heavy atom. The Morgan fingerprint density at radius 1 is 1.14 bits per heavy atom. The Labute approximate surface area is 122 Å². The van der Waals surface area contributed by atoms with Crippen LogP contribution in [-0.2, 0) is 14.3 Å². The molecule has 1 heterocycles. The van der Waals surface area contributed by atoms with Crippen LogP contribution in [0.15, 0.2) is 6.20 Å². The second-order valence-electron chi connectivity index (χ2n) is 3.85. The first-order chi connectivity index (χ1) is 10.2. The van der Waals surface area contributed by atoms with Crippen LogP contribution in [-0.4, -0.2) is 42.2 Å². The minimum atomic E-state index is -5.19. The second-order valence-corrected chi connectivity index (χ2v) is 3.85. The van der Waals surface area contributed by atoms with Crippen molar-refractivity contribution in [2.45, 2.75) is 20.0 Å². The molecular weight excluding hydrogens is 309 g/mol. The Balaban J connectivity index is 3.22. The normalized spacial score (nSPS) is 11.0. The number of carbonyl (C=O) groups excluding carboxylic acids is 3. The quantitative estimate of drug-likeness (QED) is 0.807. The van der Waals surface area contributed by atoms with Crippen LogP contribution < -0.4 is 5.32 Å². The zero-order valence-corrected chi connectivity index (χ0v) is 11.7. The average molecular weight is 322 g/mol. The highest BCUT2D eigenvalue weighted by Gasteiger charge is 2.40. The molecule has 0 saturated carbocycles. The van der Waals surface area contributed by atoms with Gasteiger partial charge in [0.1, 0.15) is 11.3 Å². The number of esters is 2. The Bertz CT molecular complexity index is 544. The SMILES string of the molecule is CCOC(=O)c1c[nH]c(C(=O)OCC)c1NC(=O)C(F)(F)F. The Morgan fingerprint density at radius 2 is 1.68 bits per heavy atom. The predicted octanol–water partition coefficient (Wildman–Crippen LogP) is 1.87. The molecule has 1 rings (SSSR count). The maximum Gasteiger partial charge on any atom is 0.471 e. The van der Waals surface area contributed by atoms with Gasteiger partial charge in [0.05, 0.1) is 18.9 Å². The molecule has 2 N–H and O–H groups in total. The van der Waals surface area contributed by atoms with E-state index in [4.69, 9.17) is 0 Å². The van der Waals surface area contributed by atoms with Crippen LogP contribution >= 0.6 is 0 Å². The fourth-order valence-electron chi connectivity index (χ4n) is 1.47. The maximum atomic E-state index is 12.3. The number of alkyl halides is 3. The van der Waals surface area contributed by atoms with E-state index in [-0.39, 0.29) is 13.2 Å². The van der Waals surface area contributed by atoms with Gasteiger partial charge in [-0.15, -0.1) is 0 Å². The summed E-state index contributed by atoms with van der Waals surface area (Å²) in [5, 5.41) is 1.48. The molecule has 1 amide bonds. The van der Waals surface area contributed by atoms with Crippen LogP contribution in [0.5, 0.6) is 0 Å². The van der Waals surface area contributed by atoms with Crippen LogP contribution in [0.1, 0.15) is 34.7 Å². The number of aromatic nitrogens is 1. The summed E-state index contributed by atoms with van der Waals surface area (Å²) in [5.74, 6) is -4.34. The molecule has 10 heteroatoms. The van der Waals surface area contributed by atoms with E-state index in [1.165, 1.54) is 19.2 Å². The Hall–Kier alpha value is -2.52. The van der Waals surface area contributed by atoms with Crippen LogP contribution in [0.4, 0.5) is 18.9 Å². The number of halogens is 3. The summed E-state index contributed by atoms with van der Waals surface area (Å²) in [7, 11) is 0. The fraction of sp³-hybridized carbons (Fsp3) is 0.417. The smallest absolute Gasteiger partial charge is 0.462 e. The van der Waals surface area contributed by atoms with Gasteiger partial charge in [-0.3, -0.25) is 4.79 Å². The molecule has 7 nitrogen and oxygen atoms in total. The molecule has 0 spiro atoms. The van der Waals surface area contributed by atoms with Crippen molar-refractivity contribution >= 4 is 23.5 Å². The van der Waals surface area contributed by atoms with Gasteiger partial charge in [0.25, 0.3) is 0 Å². The second kappa shape index (κ2) is 6.96. The summed E-state index contributed by atoms with van der Waals surface area (Å²) < 4.78 is 46.3. The van der Waals surface area contributed by atoms with Gasteiger partial charge in [-0.1, -0.05) is 0 Å². The van der Waals surface area contributed by atoms with Gasteiger partial charge in [-0.25, -0.2) is 9.59 Å². The molecular formula is C12H13F3N2O5. The van der Waals surface area contributed by atoms with Gasteiger partial charge < -0.3 is 19.8 Å². The largest absolute Gasteiger partial charge is 0.471 e. The molecule has 122 valence electrons. The number of amides is 1. The lowest BCUT2D eigenvalue weighted by atomic mass is 10.2. The molecule has 0 atom stereocenters. The van der Waals surface area contributed by atoms with Crippen LogP contribution in [0.25, 0.3) is 0 Å². The molecule has 0 aliphatic heterocycles. The maximum absolute atomic E-state index is 12.3. The lowest BCUT2D eigenvalue weighted by Gasteiger charge is -2.10. The van der Waals surface area contributed by atoms with Crippen molar-refractivity contribution in [2.75, 3.05) is 18.5 Å². The number of rotatable bonds is 5. The van der Waals surface area contributed by atoms with E-state index in [1.54, 1.807) is 0 Å². The lowest BCUT2D eigenvalue weighted by molar-refractivity contribution is -0.167. The van der Waals surface area contributed by atoms with Gasteiger partial charge in [0.2, 0.25) is 0 Å². The zero-order chi connectivity index (χ0) is 16.9. The molecule has 0 unspecified atom stereocenters. The molecule has 22 heavy (non-hydrogen) atoms. The molecule has 0 aromatic carbocycles. The first-order valence-corrected chi connectivity index (χ1v) is 6.16. The minimum absolute atomic E-state index is 0.0363. The van der Waals surface area contributed by atoms with Crippen molar-refractivity contribution in [3.8, 4) is 0 Å². The van der Waals surface area contributed by atoms with E-state index in [0.29, 0.717) is 0 Å². The van der Waals surface area contributed by atoms with Gasteiger partial charge in [0.15, 0.2) is 0 Å². The third-order valence-corrected chi connectivity index (χ3v) is 2.35. The highest BCUT2D eigenvalue weighted by Crippen LogP contribution is 2.26. The van der Waals surface area contributed by atoms with Crippen molar-refractivity contribution in [3.05, 3.63) is 17.5 Å². The topological polar surface area (TPSA) is 97.5 Å². The molecule has 0 aliphatic carbocycles. The monoisotopic (exact) mass is 322 g/mol. The molecule has 0 radical (unpaired) electrons. The molecule has 1 aromatic heterocycles. The number of hydrogen-bond donors (Lipinski definition) is 2. The van der Waals surface area contributed by atoms with Crippen LogP contribution in [0.3, 0.4) is 0 Å². The van der Waals surface area contributed by atoms with Crippen molar-refractivity contribution in [1.82, 2.24) is 4.98 Å². The average Bonchev–Trinajstić information content (AvgIpc) is 2.82. The first-order valence-electron chi connectivity index (χ1n) is 6.16. The number of carbonyl (C=O) groups is 3. The molecule has 1 aromatic rings.